The molecule has 1 unspecified atom stereocenters. The second-order valence-corrected chi connectivity index (χ2v) is 5.12. The minimum absolute atomic E-state index is 0.0317. The van der Waals surface area contributed by atoms with Gasteiger partial charge in [0.05, 0.1) is 5.41 Å². The zero-order valence-electron chi connectivity index (χ0n) is 11.4. The molecule has 0 aliphatic carbocycles. The first-order valence-corrected chi connectivity index (χ1v) is 6.65. The number of benzene rings is 1. The Balaban J connectivity index is 1.83. The summed E-state index contributed by atoms with van der Waals surface area (Å²) in [5, 5.41) is 4.91. The Morgan fingerprint density at radius 2 is 2.05 bits per heavy atom. The fraction of sp³-hybridized carbons (Fsp3) is 0.500. The monoisotopic (exact) mass is 302 g/mol. The molecule has 1 amide bonds. The molecular weight excluding hydrogens is 285 g/mol. The molecule has 116 valence electrons. The molecule has 0 aromatic heterocycles. The molecule has 7 heteroatoms. The molecule has 0 saturated carbocycles. The van der Waals surface area contributed by atoms with E-state index in [1.165, 1.54) is 0 Å². The lowest BCUT2D eigenvalue weighted by Gasteiger charge is -2.30. The lowest BCUT2D eigenvalue weighted by Crippen LogP contribution is -2.48. The van der Waals surface area contributed by atoms with Gasteiger partial charge in [-0.15, -0.1) is 0 Å². The second kappa shape index (κ2) is 6.34. The van der Waals surface area contributed by atoms with E-state index in [0.29, 0.717) is 6.54 Å². The molecule has 1 aliphatic rings. The Morgan fingerprint density at radius 3 is 2.62 bits per heavy atom. The van der Waals surface area contributed by atoms with Crippen LogP contribution in [0.1, 0.15) is 12.0 Å². The van der Waals surface area contributed by atoms with Gasteiger partial charge in [-0.05, 0) is 18.5 Å². The fourth-order valence-corrected chi connectivity index (χ4v) is 2.25. The van der Waals surface area contributed by atoms with Gasteiger partial charge in [0.1, 0.15) is 6.61 Å². The number of halogens is 3. The van der Waals surface area contributed by atoms with Gasteiger partial charge < -0.3 is 15.4 Å². The van der Waals surface area contributed by atoms with E-state index < -0.39 is 24.2 Å². The average Bonchev–Trinajstić information content (AvgIpc) is 2.94. The molecule has 4 nitrogen and oxygen atoms in total. The SMILES string of the molecule is O=C(NCC1(C(F)(F)F)CCNC1)OCc1ccccc1. The number of alkyl halides is 3. The first-order chi connectivity index (χ1) is 9.93. The van der Waals surface area contributed by atoms with Gasteiger partial charge in [-0.3, -0.25) is 0 Å². The van der Waals surface area contributed by atoms with Crippen LogP contribution in [-0.4, -0.2) is 31.9 Å². The van der Waals surface area contributed by atoms with Crippen molar-refractivity contribution in [2.45, 2.75) is 19.2 Å². The molecular formula is C14H17F3N2O2. The van der Waals surface area contributed by atoms with Crippen LogP contribution in [0.3, 0.4) is 0 Å². The van der Waals surface area contributed by atoms with Crippen molar-refractivity contribution in [1.29, 1.82) is 0 Å². The predicted octanol–water partition coefficient (Wildman–Crippen LogP) is 2.45. The smallest absolute Gasteiger partial charge is 0.407 e. The highest BCUT2D eigenvalue weighted by Crippen LogP contribution is 2.42. The molecule has 2 N–H and O–H groups in total. The van der Waals surface area contributed by atoms with Gasteiger partial charge >= 0.3 is 12.3 Å². The molecule has 1 saturated heterocycles. The predicted molar refractivity (Wildman–Crippen MR) is 70.6 cm³/mol. The summed E-state index contributed by atoms with van der Waals surface area (Å²) in [6, 6.07) is 8.94. The number of carbonyl (C=O) groups is 1. The summed E-state index contributed by atoms with van der Waals surface area (Å²) >= 11 is 0. The Labute approximate surface area is 120 Å². The third-order valence-corrected chi connectivity index (χ3v) is 3.63. The number of alkyl carbamates (subject to hydrolysis) is 1. The van der Waals surface area contributed by atoms with Crippen LogP contribution < -0.4 is 10.6 Å². The van der Waals surface area contributed by atoms with Gasteiger partial charge in [0.25, 0.3) is 0 Å². The van der Waals surface area contributed by atoms with E-state index in [1.54, 1.807) is 24.3 Å². The fourth-order valence-electron chi connectivity index (χ4n) is 2.25. The van der Waals surface area contributed by atoms with Crippen LogP contribution in [0.25, 0.3) is 0 Å². The lowest BCUT2D eigenvalue weighted by atomic mass is 9.86. The Bertz CT molecular complexity index is 471. The molecule has 2 rings (SSSR count). The number of rotatable bonds is 4. The van der Waals surface area contributed by atoms with E-state index >= 15 is 0 Å². The number of amides is 1. The van der Waals surface area contributed by atoms with Crippen LogP contribution in [0.15, 0.2) is 30.3 Å². The summed E-state index contributed by atoms with van der Waals surface area (Å²) in [5.41, 5.74) is -1.13. The van der Waals surface area contributed by atoms with Crippen molar-refractivity contribution in [3.63, 3.8) is 0 Å². The summed E-state index contributed by atoms with van der Waals surface area (Å²) < 4.78 is 44.2. The standard InChI is InChI=1S/C14H17F3N2O2/c15-14(16,17)13(6-7-18-9-13)10-19-12(20)21-8-11-4-2-1-3-5-11/h1-5,18H,6-10H2,(H,19,20). The number of ether oxygens (including phenoxy) is 1. The zero-order chi connectivity index (χ0) is 15.3. The lowest BCUT2D eigenvalue weighted by molar-refractivity contribution is -0.214. The Morgan fingerprint density at radius 1 is 1.33 bits per heavy atom. The first-order valence-electron chi connectivity index (χ1n) is 6.65. The zero-order valence-corrected chi connectivity index (χ0v) is 11.4. The van der Waals surface area contributed by atoms with Gasteiger partial charge in [-0.1, -0.05) is 30.3 Å². The number of carbonyl (C=O) groups excluding carboxylic acids is 1. The number of nitrogens with one attached hydrogen (secondary N) is 2. The van der Waals surface area contributed by atoms with Crippen molar-refractivity contribution in [2.75, 3.05) is 19.6 Å². The van der Waals surface area contributed by atoms with Gasteiger partial charge in [-0.2, -0.15) is 13.2 Å². The third-order valence-electron chi connectivity index (χ3n) is 3.63. The summed E-state index contributed by atoms with van der Waals surface area (Å²) in [6.07, 6.45) is -5.24. The van der Waals surface area contributed by atoms with Crippen molar-refractivity contribution in [3.8, 4) is 0 Å². The molecule has 1 fully saturated rings. The summed E-state index contributed by atoms with van der Waals surface area (Å²) in [6.45, 7) is -0.337. The first kappa shape index (κ1) is 15.6. The van der Waals surface area contributed by atoms with Crippen LogP contribution >= 0.6 is 0 Å². The molecule has 0 radical (unpaired) electrons. The topological polar surface area (TPSA) is 50.4 Å². The summed E-state index contributed by atoms with van der Waals surface area (Å²) in [5.74, 6) is 0. The molecule has 0 spiro atoms. The van der Waals surface area contributed by atoms with E-state index in [0.717, 1.165) is 5.56 Å². The molecule has 1 aromatic carbocycles. The maximum absolute atomic E-state index is 13.1. The number of hydrogen-bond donors (Lipinski definition) is 2. The van der Waals surface area contributed by atoms with Gasteiger partial charge in [0, 0.05) is 13.1 Å². The van der Waals surface area contributed by atoms with Crippen molar-refractivity contribution in [1.82, 2.24) is 10.6 Å². The highest BCUT2D eigenvalue weighted by Gasteiger charge is 2.56. The van der Waals surface area contributed by atoms with Gasteiger partial charge in [-0.25, -0.2) is 4.79 Å². The molecule has 1 atom stereocenters. The Hall–Kier alpha value is -1.76. The summed E-state index contributed by atoms with van der Waals surface area (Å²) in [7, 11) is 0. The molecule has 0 bridgehead atoms. The van der Waals surface area contributed by atoms with Crippen molar-refractivity contribution < 1.29 is 22.7 Å². The maximum Gasteiger partial charge on any atom is 0.407 e. The van der Waals surface area contributed by atoms with Gasteiger partial charge in [0.15, 0.2) is 0 Å². The largest absolute Gasteiger partial charge is 0.445 e. The van der Waals surface area contributed by atoms with Crippen molar-refractivity contribution in [3.05, 3.63) is 35.9 Å². The van der Waals surface area contributed by atoms with E-state index in [4.69, 9.17) is 4.74 Å². The highest BCUT2D eigenvalue weighted by atomic mass is 19.4. The normalized spacial score (nSPS) is 22.0. The highest BCUT2D eigenvalue weighted by molar-refractivity contribution is 5.67. The third kappa shape index (κ3) is 3.87. The average molecular weight is 302 g/mol. The molecule has 1 aromatic rings. The van der Waals surface area contributed by atoms with Gasteiger partial charge in [0.2, 0.25) is 0 Å². The maximum atomic E-state index is 13.1. The molecule has 1 heterocycles. The van der Waals surface area contributed by atoms with Crippen LogP contribution in [-0.2, 0) is 11.3 Å². The van der Waals surface area contributed by atoms with Crippen LogP contribution in [0.4, 0.5) is 18.0 Å². The van der Waals surface area contributed by atoms with E-state index in [9.17, 15) is 18.0 Å². The second-order valence-electron chi connectivity index (χ2n) is 5.12. The van der Waals surface area contributed by atoms with E-state index in [-0.39, 0.29) is 19.6 Å². The van der Waals surface area contributed by atoms with E-state index in [1.807, 2.05) is 6.07 Å². The van der Waals surface area contributed by atoms with Crippen LogP contribution in [0.5, 0.6) is 0 Å². The Kier molecular flexibility index (Phi) is 4.72. The quantitative estimate of drug-likeness (QED) is 0.898. The van der Waals surface area contributed by atoms with Crippen LogP contribution in [0, 0.1) is 5.41 Å². The summed E-state index contributed by atoms with van der Waals surface area (Å²) in [4.78, 5) is 11.5. The number of hydrogen-bond acceptors (Lipinski definition) is 3. The van der Waals surface area contributed by atoms with Crippen LogP contribution in [0.2, 0.25) is 0 Å². The van der Waals surface area contributed by atoms with Crippen molar-refractivity contribution >= 4 is 6.09 Å². The minimum Gasteiger partial charge on any atom is -0.445 e. The molecule has 1 aliphatic heterocycles. The minimum atomic E-state index is -4.36. The van der Waals surface area contributed by atoms with Crippen molar-refractivity contribution in [2.24, 2.45) is 5.41 Å². The molecule has 21 heavy (non-hydrogen) atoms. The van der Waals surface area contributed by atoms with E-state index in [2.05, 4.69) is 10.6 Å².